The monoisotopic (exact) mass is 514 g/mol. The van der Waals surface area contributed by atoms with Crippen molar-refractivity contribution in [3.63, 3.8) is 0 Å². The number of hydrogen-bond acceptors (Lipinski definition) is 3. The van der Waals surface area contributed by atoms with Crippen molar-refractivity contribution in [1.82, 2.24) is 19.2 Å². The summed E-state index contributed by atoms with van der Waals surface area (Å²) in [5.41, 5.74) is 3.45. The minimum absolute atomic E-state index is 0.0432. The van der Waals surface area contributed by atoms with Gasteiger partial charge in [0.1, 0.15) is 5.82 Å². The maximum Gasteiger partial charge on any atom is 0.276 e. The van der Waals surface area contributed by atoms with E-state index in [4.69, 9.17) is 11.6 Å². The summed E-state index contributed by atoms with van der Waals surface area (Å²) in [6.45, 7) is 1.99. The van der Waals surface area contributed by atoms with E-state index in [-0.39, 0.29) is 29.6 Å². The zero-order chi connectivity index (χ0) is 26.1. The van der Waals surface area contributed by atoms with E-state index >= 15 is 0 Å². The molecule has 0 unspecified atom stereocenters. The van der Waals surface area contributed by atoms with Crippen LogP contribution in [0, 0.1) is 12.7 Å². The topological polar surface area (TPSA) is 60.1 Å². The van der Waals surface area contributed by atoms with Crippen molar-refractivity contribution in [2.24, 2.45) is 7.05 Å². The molecule has 1 amide bonds. The molecule has 0 N–H and O–H groups in total. The van der Waals surface area contributed by atoms with Gasteiger partial charge in [-0.25, -0.2) is 9.07 Å². The molecule has 5 aromatic rings. The highest BCUT2D eigenvalue weighted by Gasteiger charge is 2.25. The van der Waals surface area contributed by atoms with E-state index in [1.54, 1.807) is 32.6 Å². The smallest absolute Gasteiger partial charge is 0.276 e. The van der Waals surface area contributed by atoms with Gasteiger partial charge in [-0.05, 0) is 48.9 Å². The van der Waals surface area contributed by atoms with Gasteiger partial charge in [-0.15, -0.1) is 0 Å². The lowest BCUT2D eigenvalue weighted by Gasteiger charge is -2.24. The van der Waals surface area contributed by atoms with Gasteiger partial charge in [0, 0.05) is 35.9 Å². The van der Waals surface area contributed by atoms with Crippen molar-refractivity contribution in [1.29, 1.82) is 0 Å². The van der Waals surface area contributed by atoms with Crippen molar-refractivity contribution in [2.45, 2.75) is 20.0 Å². The van der Waals surface area contributed by atoms with E-state index in [1.807, 2.05) is 68.6 Å². The van der Waals surface area contributed by atoms with E-state index in [1.165, 1.54) is 12.1 Å². The van der Waals surface area contributed by atoms with Crippen LogP contribution in [-0.2, 0) is 20.1 Å². The first-order chi connectivity index (χ1) is 17.8. The van der Waals surface area contributed by atoms with Gasteiger partial charge in [0.2, 0.25) is 0 Å². The summed E-state index contributed by atoms with van der Waals surface area (Å²) in [7, 11) is 1.81. The first-order valence-corrected chi connectivity index (χ1v) is 12.1. The SMILES string of the molecule is Cc1c(CN(Cc2ccc(F)cc2Cl)C(=O)c2ccnc3ccccc23)c(=O)n(-c2ccccc2)n1C. The Morgan fingerprint density at radius 3 is 2.49 bits per heavy atom. The highest BCUT2D eigenvalue weighted by molar-refractivity contribution is 6.31. The molecule has 8 heteroatoms. The van der Waals surface area contributed by atoms with Gasteiger partial charge in [0.15, 0.2) is 0 Å². The van der Waals surface area contributed by atoms with Crippen LogP contribution < -0.4 is 5.56 Å². The molecule has 3 aromatic carbocycles. The lowest BCUT2D eigenvalue weighted by molar-refractivity contribution is 0.0731. The number of halogens is 2. The molecule has 37 heavy (non-hydrogen) atoms. The third-order valence-corrected chi connectivity index (χ3v) is 6.92. The molecule has 5 rings (SSSR count). The van der Waals surface area contributed by atoms with Crippen LogP contribution in [0.4, 0.5) is 4.39 Å². The number of hydrogen-bond donors (Lipinski definition) is 0. The molecule has 0 aliphatic heterocycles. The summed E-state index contributed by atoms with van der Waals surface area (Å²) >= 11 is 6.34. The zero-order valence-electron chi connectivity index (χ0n) is 20.4. The zero-order valence-corrected chi connectivity index (χ0v) is 21.1. The molecular weight excluding hydrogens is 491 g/mol. The van der Waals surface area contributed by atoms with E-state index in [0.717, 1.165) is 11.4 Å². The van der Waals surface area contributed by atoms with Crippen LogP contribution in [0.25, 0.3) is 16.6 Å². The van der Waals surface area contributed by atoms with Gasteiger partial charge in [0.05, 0.1) is 28.9 Å². The summed E-state index contributed by atoms with van der Waals surface area (Å²) in [6, 6.07) is 22.5. The summed E-state index contributed by atoms with van der Waals surface area (Å²) < 4.78 is 17.1. The molecule has 0 bridgehead atoms. The summed E-state index contributed by atoms with van der Waals surface area (Å²) in [5, 5.41) is 0.917. The maximum atomic E-state index is 14.0. The van der Waals surface area contributed by atoms with Gasteiger partial charge >= 0.3 is 0 Å². The number of carbonyl (C=O) groups is 1. The van der Waals surface area contributed by atoms with Gasteiger partial charge in [0.25, 0.3) is 11.5 Å². The van der Waals surface area contributed by atoms with Crippen molar-refractivity contribution in [3.8, 4) is 5.69 Å². The van der Waals surface area contributed by atoms with Gasteiger partial charge in [-0.3, -0.25) is 19.3 Å². The highest BCUT2D eigenvalue weighted by atomic mass is 35.5. The van der Waals surface area contributed by atoms with Crippen LogP contribution in [0.2, 0.25) is 5.02 Å². The first kappa shape index (κ1) is 24.5. The third-order valence-electron chi connectivity index (χ3n) is 6.57. The molecule has 0 fully saturated rings. The minimum Gasteiger partial charge on any atom is -0.330 e. The van der Waals surface area contributed by atoms with Crippen molar-refractivity contribution >= 4 is 28.4 Å². The Kier molecular flexibility index (Phi) is 6.63. The number of benzene rings is 3. The number of pyridine rings is 1. The Bertz CT molecular complexity index is 1670. The van der Waals surface area contributed by atoms with Crippen molar-refractivity contribution < 1.29 is 9.18 Å². The van der Waals surface area contributed by atoms with Crippen LogP contribution in [-0.4, -0.2) is 25.2 Å². The van der Waals surface area contributed by atoms with Crippen LogP contribution in [0.15, 0.2) is 89.9 Å². The molecule has 0 atom stereocenters. The fourth-order valence-electron chi connectivity index (χ4n) is 4.50. The number of aromatic nitrogens is 3. The number of para-hydroxylation sites is 2. The summed E-state index contributed by atoms with van der Waals surface area (Å²) in [5.74, 6) is -0.746. The normalized spacial score (nSPS) is 11.1. The molecule has 0 saturated carbocycles. The fourth-order valence-corrected chi connectivity index (χ4v) is 4.73. The molecule has 0 spiro atoms. The van der Waals surface area contributed by atoms with E-state index in [9.17, 15) is 14.0 Å². The number of carbonyl (C=O) groups excluding carboxylic acids is 1. The number of rotatable bonds is 6. The van der Waals surface area contributed by atoms with Crippen LogP contribution in [0.5, 0.6) is 0 Å². The second kappa shape index (κ2) is 10.0. The number of nitrogens with zero attached hydrogens (tertiary/aromatic N) is 4. The van der Waals surface area contributed by atoms with Crippen LogP contribution >= 0.6 is 11.6 Å². The van der Waals surface area contributed by atoms with Gasteiger partial charge < -0.3 is 4.90 Å². The van der Waals surface area contributed by atoms with Crippen LogP contribution in [0.3, 0.4) is 0 Å². The molecule has 0 aliphatic rings. The summed E-state index contributed by atoms with van der Waals surface area (Å²) in [6.07, 6.45) is 1.59. The summed E-state index contributed by atoms with van der Waals surface area (Å²) in [4.78, 5) is 33.5. The largest absolute Gasteiger partial charge is 0.330 e. The average molecular weight is 515 g/mol. The van der Waals surface area contributed by atoms with E-state index < -0.39 is 5.82 Å². The van der Waals surface area contributed by atoms with E-state index in [2.05, 4.69) is 4.98 Å². The molecule has 0 aliphatic carbocycles. The maximum absolute atomic E-state index is 14.0. The number of fused-ring (bicyclic) bond motifs is 1. The Morgan fingerprint density at radius 1 is 1.00 bits per heavy atom. The molecule has 0 saturated heterocycles. The molecular formula is C29H24ClFN4O2. The molecule has 186 valence electrons. The standard InChI is InChI=1S/C29H24ClFN4O2/c1-19-25(29(37)35(33(19)2)22-8-4-3-5-9-22)18-34(17-20-12-13-21(31)16-26(20)30)28(36)24-14-15-32-27-11-7-6-10-23(24)27/h3-16H,17-18H2,1-2H3. The van der Waals surface area contributed by atoms with Gasteiger partial charge in [-0.1, -0.05) is 54.1 Å². The molecule has 2 heterocycles. The molecule has 2 aromatic heterocycles. The molecule has 6 nitrogen and oxygen atoms in total. The quantitative estimate of drug-likeness (QED) is 0.293. The number of amides is 1. The molecule has 0 radical (unpaired) electrons. The first-order valence-electron chi connectivity index (χ1n) is 11.7. The average Bonchev–Trinajstić information content (AvgIpc) is 3.12. The Labute approximate surface area is 218 Å². The fraction of sp³-hybridized carbons (Fsp3) is 0.138. The lowest BCUT2D eigenvalue weighted by Crippen LogP contribution is -2.33. The highest BCUT2D eigenvalue weighted by Crippen LogP contribution is 2.24. The second-order valence-corrected chi connectivity index (χ2v) is 9.22. The van der Waals surface area contributed by atoms with E-state index in [0.29, 0.717) is 27.6 Å². The van der Waals surface area contributed by atoms with Gasteiger partial charge in [-0.2, -0.15) is 0 Å². The predicted molar refractivity (Wildman–Crippen MR) is 142 cm³/mol. The Balaban J connectivity index is 1.61. The Morgan fingerprint density at radius 2 is 1.73 bits per heavy atom. The Hall–Kier alpha value is -4.23. The minimum atomic E-state index is -0.462. The second-order valence-electron chi connectivity index (χ2n) is 8.81. The van der Waals surface area contributed by atoms with Crippen molar-refractivity contribution in [3.05, 3.63) is 129 Å². The van der Waals surface area contributed by atoms with Crippen LogP contribution in [0.1, 0.15) is 27.2 Å². The predicted octanol–water partition coefficient (Wildman–Crippen LogP) is 5.67. The van der Waals surface area contributed by atoms with Crippen molar-refractivity contribution in [2.75, 3.05) is 0 Å². The lowest BCUT2D eigenvalue weighted by atomic mass is 10.1. The third kappa shape index (κ3) is 4.66.